The molecule has 3 heteroatoms. The molecule has 0 spiro atoms. The Morgan fingerprint density at radius 3 is 2.42 bits per heavy atom. The Morgan fingerprint density at radius 1 is 1.11 bits per heavy atom. The highest BCUT2D eigenvalue weighted by molar-refractivity contribution is 5.42. The summed E-state index contributed by atoms with van der Waals surface area (Å²) in [6.07, 6.45) is 0.798. The number of ether oxygens (including phenoxy) is 1. The van der Waals surface area contributed by atoms with Crippen molar-refractivity contribution in [2.75, 3.05) is 13.7 Å². The van der Waals surface area contributed by atoms with Gasteiger partial charge in [0.15, 0.2) is 0 Å². The summed E-state index contributed by atoms with van der Waals surface area (Å²) < 4.78 is 18.4. The maximum Gasteiger partial charge on any atom is 0.123 e. The lowest BCUT2D eigenvalue weighted by Crippen LogP contribution is -2.10. The summed E-state index contributed by atoms with van der Waals surface area (Å²) in [5.41, 5.74) is 7.85. The third-order valence-corrected chi connectivity index (χ3v) is 3.24. The van der Waals surface area contributed by atoms with E-state index in [0.29, 0.717) is 6.54 Å². The van der Waals surface area contributed by atoms with E-state index in [1.807, 2.05) is 36.4 Å². The zero-order chi connectivity index (χ0) is 13.7. The zero-order valence-electron chi connectivity index (χ0n) is 11.0. The molecular formula is C16H18FNO. The molecular weight excluding hydrogens is 241 g/mol. The van der Waals surface area contributed by atoms with Crippen molar-refractivity contribution in [2.45, 2.75) is 12.3 Å². The molecule has 0 aliphatic heterocycles. The van der Waals surface area contributed by atoms with Crippen molar-refractivity contribution in [3.63, 3.8) is 0 Å². The Morgan fingerprint density at radius 2 is 1.79 bits per heavy atom. The first-order valence-corrected chi connectivity index (χ1v) is 6.34. The first kappa shape index (κ1) is 13.6. The number of hydrogen-bond acceptors (Lipinski definition) is 2. The van der Waals surface area contributed by atoms with Crippen molar-refractivity contribution in [1.29, 1.82) is 0 Å². The predicted molar refractivity (Wildman–Crippen MR) is 74.9 cm³/mol. The van der Waals surface area contributed by atoms with Gasteiger partial charge in [0.1, 0.15) is 11.6 Å². The second kappa shape index (κ2) is 6.34. The van der Waals surface area contributed by atoms with Crippen LogP contribution in [-0.2, 0) is 0 Å². The molecule has 0 amide bonds. The van der Waals surface area contributed by atoms with Crippen LogP contribution in [0, 0.1) is 5.82 Å². The number of rotatable bonds is 5. The molecule has 0 aliphatic rings. The molecule has 2 N–H and O–H groups in total. The second-order valence-electron chi connectivity index (χ2n) is 4.42. The molecule has 2 aromatic carbocycles. The van der Waals surface area contributed by atoms with Crippen molar-refractivity contribution in [2.24, 2.45) is 5.73 Å². The van der Waals surface area contributed by atoms with Crippen molar-refractivity contribution in [1.82, 2.24) is 0 Å². The maximum absolute atomic E-state index is 13.0. The smallest absolute Gasteiger partial charge is 0.123 e. The fourth-order valence-corrected chi connectivity index (χ4v) is 2.32. The zero-order valence-corrected chi connectivity index (χ0v) is 11.0. The van der Waals surface area contributed by atoms with E-state index in [2.05, 4.69) is 0 Å². The summed E-state index contributed by atoms with van der Waals surface area (Å²) in [5.74, 6) is 0.738. The van der Waals surface area contributed by atoms with Crippen LogP contribution >= 0.6 is 0 Å². The Bertz CT molecular complexity index is 525. The average molecular weight is 259 g/mol. The summed E-state index contributed by atoms with van der Waals surface area (Å²) in [5, 5.41) is 0. The third-order valence-electron chi connectivity index (χ3n) is 3.24. The van der Waals surface area contributed by atoms with Gasteiger partial charge in [0.2, 0.25) is 0 Å². The maximum atomic E-state index is 13.0. The van der Waals surface area contributed by atoms with Crippen LogP contribution in [0.25, 0.3) is 0 Å². The SMILES string of the molecule is COc1ccccc1C(CCN)c1ccc(F)cc1. The predicted octanol–water partition coefficient (Wildman–Crippen LogP) is 3.32. The summed E-state index contributed by atoms with van der Waals surface area (Å²) in [6.45, 7) is 0.570. The number of halogens is 1. The molecule has 0 aromatic heterocycles. The number of nitrogens with two attached hydrogens (primary N) is 1. The van der Waals surface area contributed by atoms with Crippen molar-refractivity contribution < 1.29 is 9.13 Å². The Labute approximate surface area is 113 Å². The van der Waals surface area contributed by atoms with E-state index in [4.69, 9.17) is 10.5 Å². The molecule has 1 atom stereocenters. The molecule has 2 nitrogen and oxygen atoms in total. The quantitative estimate of drug-likeness (QED) is 0.894. The molecule has 0 aliphatic carbocycles. The Balaban J connectivity index is 2.42. The van der Waals surface area contributed by atoms with Crippen LogP contribution in [-0.4, -0.2) is 13.7 Å². The molecule has 0 bridgehead atoms. The van der Waals surface area contributed by atoms with Gasteiger partial charge in [-0.15, -0.1) is 0 Å². The first-order chi connectivity index (χ1) is 9.26. The number of para-hydroxylation sites is 1. The van der Waals surface area contributed by atoms with Crippen LogP contribution in [0.2, 0.25) is 0 Å². The Hall–Kier alpha value is -1.87. The minimum absolute atomic E-state index is 0.127. The molecule has 0 saturated heterocycles. The van der Waals surface area contributed by atoms with E-state index in [0.717, 1.165) is 23.3 Å². The number of methoxy groups -OCH3 is 1. The van der Waals surface area contributed by atoms with Crippen LogP contribution in [0.4, 0.5) is 4.39 Å². The highest BCUT2D eigenvalue weighted by Gasteiger charge is 2.17. The van der Waals surface area contributed by atoms with E-state index < -0.39 is 0 Å². The van der Waals surface area contributed by atoms with Crippen LogP contribution in [0.15, 0.2) is 48.5 Å². The van der Waals surface area contributed by atoms with E-state index in [1.54, 1.807) is 7.11 Å². The van der Waals surface area contributed by atoms with Gasteiger partial charge in [-0.1, -0.05) is 30.3 Å². The third kappa shape index (κ3) is 3.12. The van der Waals surface area contributed by atoms with Crippen LogP contribution in [0.5, 0.6) is 5.75 Å². The summed E-state index contributed by atoms with van der Waals surface area (Å²) in [4.78, 5) is 0. The fraction of sp³-hybridized carbons (Fsp3) is 0.250. The van der Waals surface area contributed by atoms with Gasteiger partial charge in [-0.2, -0.15) is 0 Å². The molecule has 2 rings (SSSR count). The van der Waals surface area contributed by atoms with Crippen molar-refractivity contribution >= 4 is 0 Å². The minimum atomic E-state index is -0.227. The van der Waals surface area contributed by atoms with Gasteiger partial charge >= 0.3 is 0 Å². The molecule has 1 unspecified atom stereocenters. The average Bonchev–Trinajstić information content (AvgIpc) is 2.46. The Kier molecular flexibility index (Phi) is 4.53. The van der Waals surface area contributed by atoms with Gasteiger partial charge in [0.25, 0.3) is 0 Å². The molecule has 19 heavy (non-hydrogen) atoms. The standard InChI is InChI=1S/C16H18FNO/c1-19-16-5-3-2-4-15(16)14(10-11-18)12-6-8-13(17)9-7-12/h2-9,14H,10-11,18H2,1H3. The molecule has 100 valence electrons. The summed E-state index contributed by atoms with van der Waals surface area (Å²) in [7, 11) is 1.66. The molecule has 0 heterocycles. The fourth-order valence-electron chi connectivity index (χ4n) is 2.32. The number of hydrogen-bond donors (Lipinski definition) is 1. The van der Waals surface area contributed by atoms with Gasteiger partial charge < -0.3 is 10.5 Å². The lowest BCUT2D eigenvalue weighted by molar-refractivity contribution is 0.406. The van der Waals surface area contributed by atoms with Gasteiger partial charge in [0.05, 0.1) is 7.11 Å². The summed E-state index contributed by atoms with van der Waals surface area (Å²) >= 11 is 0. The minimum Gasteiger partial charge on any atom is -0.496 e. The second-order valence-corrected chi connectivity index (χ2v) is 4.42. The van der Waals surface area contributed by atoms with E-state index in [1.165, 1.54) is 12.1 Å². The summed E-state index contributed by atoms with van der Waals surface area (Å²) in [6, 6.07) is 14.5. The van der Waals surface area contributed by atoms with E-state index in [-0.39, 0.29) is 11.7 Å². The molecule has 0 radical (unpaired) electrons. The highest BCUT2D eigenvalue weighted by atomic mass is 19.1. The molecule has 0 saturated carbocycles. The van der Waals surface area contributed by atoms with E-state index >= 15 is 0 Å². The van der Waals surface area contributed by atoms with Gasteiger partial charge in [-0.3, -0.25) is 0 Å². The normalized spacial score (nSPS) is 12.2. The molecule has 2 aromatic rings. The molecule has 0 fully saturated rings. The lowest BCUT2D eigenvalue weighted by Gasteiger charge is -2.19. The first-order valence-electron chi connectivity index (χ1n) is 6.34. The monoisotopic (exact) mass is 259 g/mol. The van der Waals surface area contributed by atoms with Crippen molar-refractivity contribution in [3.05, 3.63) is 65.5 Å². The van der Waals surface area contributed by atoms with E-state index in [9.17, 15) is 4.39 Å². The van der Waals surface area contributed by atoms with Gasteiger partial charge in [-0.25, -0.2) is 4.39 Å². The number of benzene rings is 2. The lowest BCUT2D eigenvalue weighted by atomic mass is 9.88. The van der Waals surface area contributed by atoms with Crippen LogP contribution < -0.4 is 10.5 Å². The van der Waals surface area contributed by atoms with Crippen LogP contribution in [0.1, 0.15) is 23.5 Å². The van der Waals surface area contributed by atoms with Crippen LogP contribution in [0.3, 0.4) is 0 Å². The largest absolute Gasteiger partial charge is 0.496 e. The topological polar surface area (TPSA) is 35.2 Å². The van der Waals surface area contributed by atoms with Gasteiger partial charge in [0, 0.05) is 11.5 Å². The van der Waals surface area contributed by atoms with Gasteiger partial charge in [-0.05, 0) is 36.7 Å². The van der Waals surface area contributed by atoms with Crippen molar-refractivity contribution in [3.8, 4) is 5.75 Å². The highest BCUT2D eigenvalue weighted by Crippen LogP contribution is 2.33.